The molecule has 1 fully saturated rings. The van der Waals surface area contributed by atoms with Gasteiger partial charge in [0.05, 0.1) is 0 Å². The summed E-state index contributed by atoms with van der Waals surface area (Å²) in [6.45, 7) is 4.19. The standard InChI is InChI=1S/C18H20F3N5O3/c1-10(23-16(28)12-4-7-26(8-5-12)11(2)27)17-24-15(25-29-17)13-3-6-22-14(9-13)18(19,20)21/h3,6,9-10,12H,4-5,7-8H2,1-2H3,(H,23,28)/t10-/m0/s1. The monoisotopic (exact) mass is 411 g/mol. The van der Waals surface area contributed by atoms with Crippen LogP contribution in [0, 0.1) is 5.92 Å². The summed E-state index contributed by atoms with van der Waals surface area (Å²) >= 11 is 0. The van der Waals surface area contributed by atoms with Crippen LogP contribution in [0.2, 0.25) is 0 Å². The van der Waals surface area contributed by atoms with Gasteiger partial charge in [0.25, 0.3) is 0 Å². The lowest BCUT2D eigenvalue weighted by Gasteiger charge is -2.30. The molecule has 1 aliphatic rings. The number of amides is 2. The van der Waals surface area contributed by atoms with Crippen LogP contribution in [0.25, 0.3) is 11.4 Å². The normalized spacial score (nSPS) is 16.5. The number of pyridine rings is 1. The molecule has 8 nitrogen and oxygen atoms in total. The lowest BCUT2D eigenvalue weighted by atomic mass is 9.95. The summed E-state index contributed by atoms with van der Waals surface area (Å²) < 4.78 is 43.5. The summed E-state index contributed by atoms with van der Waals surface area (Å²) in [4.78, 5) is 32.9. The smallest absolute Gasteiger partial charge is 0.344 e. The first-order chi connectivity index (χ1) is 13.6. The van der Waals surface area contributed by atoms with E-state index in [0.29, 0.717) is 25.9 Å². The van der Waals surface area contributed by atoms with Gasteiger partial charge in [-0.15, -0.1) is 0 Å². The largest absolute Gasteiger partial charge is 0.433 e. The predicted octanol–water partition coefficient (Wildman–Crippen LogP) is 2.59. The SMILES string of the molecule is CC(=O)N1CCC(C(=O)N[C@@H](C)c2nc(-c3ccnc(C(F)(F)F)c3)no2)CC1. The number of nitrogens with one attached hydrogen (secondary N) is 1. The van der Waals surface area contributed by atoms with Gasteiger partial charge in [-0.3, -0.25) is 14.6 Å². The third-order valence-corrected chi connectivity index (χ3v) is 4.79. The van der Waals surface area contributed by atoms with Gasteiger partial charge < -0.3 is 14.7 Å². The van der Waals surface area contributed by atoms with E-state index in [1.165, 1.54) is 13.0 Å². The zero-order chi connectivity index (χ0) is 21.2. The quantitative estimate of drug-likeness (QED) is 0.830. The van der Waals surface area contributed by atoms with Crippen LogP contribution in [0.3, 0.4) is 0 Å². The second-order valence-corrected chi connectivity index (χ2v) is 6.89. The topological polar surface area (TPSA) is 101 Å². The van der Waals surface area contributed by atoms with E-state index in [9.17, 15) is 22.8 Å². The van der Waals surface area contributed by atoms with E-state index in [-0.39, 0.29) is 35.0 Å². The summed E-state index contributed by atoms with van der Waals surface area (Å²) in [5.41, 5.74) is -0.947. The molecule has 0 aliphatic carbocycles. The minimum Gasteiger partial charge on any atom is -0.344 e. The molecule has 156 valence electrons. The molecule has 0 saturated carbocycles. The van der Waals surface area contributed by atoms with Crippen LogP contribution >= 0.6 is 0 Å². The zero-order valence-electron chi connectivity index (χ0n) is 15.9. The number of carbonyl (C=O) groups is 2. The number of carbonyl (C=O) groups excluding carboxylic acids is 2. The third kappa shape index (κ3) is 4.90. The summed E-state index contributed by atoms with van der Waals surface area (Å²) in [5, 5.41) is 6.48. The molecule has 1 saturated heterocycles. The summed E-state index contributed by atoms with van der Waals surface area (Å²) in [6, 6.07) is 1.56. The Morgan fingerprint density at radius 1 is 1.31 bits per heavy atom. The van der Waals surface area contributed by atoms with Gasteiger partial charge in [0.1, 0.15) is 11.7 Å². The molecule has 0 unspecified atom stereocenters. The maximum Gasteiger partial charge on any atom is 0.433 e. The second-order valence-electron chi connectivity index (χ2n) is 6.89. The van der Waals surface area contributed by atoms with Gasteiger partial charge in [-0.05, 0) is 31.9 Å². The van der Waals surface area contributed by atoms with E-state index in [4.69, 9.17) is 4.52 Å². The predicted molar refractivity (Wildman–Crippen MR) is 94.1 cm³/mol. The van der Waals surface area contributed by atoms with Crippen LogP contribution in [0.4, 0.5) is 13.2 Å². The maximum atomic E-state index is 12.8. The molecule has 0 spiro atoms. The number of hydrogen-bond acceptors (Lipinski definition) is 6. The highest BCUT2D eigenvalue weighted by Crippen LogP contribution is 2.30. The Hall–Kier alpha value is -2.98. The molecule has 11 heteroatoms. The summed E-state index contributed by atoms with van der Waals surface area (Å²) in [6.07, 6.45) is -2.44. The van der Waals surface area contributed by atoms with Crippen molar-refractivity contribution in [3.63, 3.8) is 0 Å². The number of likely N-dealkylation sites (tertiary alicyclic amines) is 1. The van der Waals surface area contributed by atoms with Crippen LogP contribution in [-0.2, 0) is 15.8 Å². The van der Waals surface area contributed by atoms with Gasteiger partial charge in [-0.25, -0.2) is 0 Å². The Morgan fingerprint density at radius 2 is 2.00 bits per heavy atom. The molecule has 3 heterocycles. The van der Waals surface area contributed by atoms with Crippen LogP contribution in [0.5, 0.6) is 0 Å². The fourth-order valence-corrected chi connectivity index (χ4v) is 3.10. The lowest BCUT2D eigenvalue weighted by Crippen LogP contribution is -2.42. The van der Waals surface area contributed by atoms with Crippen molar-refractivity contribution >= 4 is 11.8 Å². The van der Waals surface area contributed by atoms with Gasteiger partial charge in [-0.1, -0.05) is 5.16 Å². The Labute approximate surface area is 164 Å². The van der Waals surface area contributed by atoms with Crippen LogP contribution in [-0.4, -0.2) is 44.9 Å². The van der Waals surface area contributed by atoms with Gasteiger partial charge in [0.2, 0.25) is 23.5 Å². The van der Waals surface area contributed by atoms with E-state index in [1.807, 2.05) is 0 Å². The second kappa shape index (κ2) is 8.18. The summed E-state index contributed by atoms with van der Waals surface area (Å²) in [7, 11) is 0. The highest BCUT2D eigenvalue weighted by molar-refractivity contribution is 5.79. The Kier molecular flexibility index (Phi) is 5.85. The van der Waals surface area contributed by atoms with Crippen LogP contribution in [0.15, 0.2) is 22.9 Å². The van der Waals surface area contributed by atoms with Gasteiger partial charge >= 0.3 is 6.18 Å². The lowest BCUT2D eigenvalue weighted by molar-refractivity contribution is -0.141. The van der Waals surface area contributed by atoms with Crippen molar-refractivity contribution in [1.82, 2.24) is 25.3 Å². The van der Waals surface area contributed by atoms with E-state index in [0.717, 1.165) is 12.3 Å². The van der Waals surface area contributed by atoms with E-state index in [1.54, 1.807) is 11.8 Å². The molecule has 2 aromatic heterocycles. The molecule has 2 aromatic rings. The molecule has 0 radical (unpaired) electrons. The Balaban J connectivity index is 1.63. The third-order valence-electron chi connectivity index (χ3n) is 4.79. The fraction of sp³-hybridized carbons (Fsp3) is 0.500. The molecule has 1 atom stereocenters. The summed E-state index contributed by atoms with van der Waals surface area (Å²) in [5.74, 6) is -0.377. The van der Waals surface area contributed by atoms with Gasteiger partial charge in [0.15, 0.2) is 0 Å². The molecule has 2 amide bonds. The first-order valence-electron chi connectivity index (χ1n) is 9.08. The molecule has 1 N–H and O–H groups in total. The first kappa shape index (κ1) is 20.7. The number of hydrogen-bond donors (Lipinski definition) is 1. The Bertz CT molecular complexity index is 891. The van der Waals surface area contributed by atoms with Gasteiger partial charge in [0, 0.05) is 37.7 Å². The van der Waals surface area contributed by atoms with E-state index in [2.05, 4.69) is 20.4 Å². The number of halogens is 3. The van der Waals surface area contributed by atoms with Crippen molar-refractivity contribution in [3.05, 3.63) is 29.9 Å². The minimum atomic E-state index is -4.58. The molecular weight excluding hydrogens is 391 g/mol. The van der Waals surface area contributed by atoms with E-state index < -0.39 is 17.9 Å². The highest BCUT2D eigenvalue weighted by atomic mass is 19.4. The van der Waals surface area contributed by atoms with Crippen molar-refractivity contribution in [3.8, 4) is 11.4 Å². The fourth-order valence-electron chi connectivity index (χ4n) is 3.10. The van der Waals surface area contributed by atoms with Crippen molar-refractivity contribution in [2.45, 2.75) is 38.9 Å². The molecule has 0 aromatic carbocycles. The Morgan fingerprint density at radius 3 is 2.62 bits per heavy atom. The van der Waals surface area contributed by atoms with Crippen molar-refractivity contribution in [1.29, 1.82) is 0 Å². The average Bonchev–Trinajstić information content (AvgIpc) is 3.18. The van der Waals surface area contributed by atoms with Gasteiger partial charge in [-0.2, -0.15) is 18.2 Å². The molecule has 0 bridgehead atoms. The number of nitrogens with zero attached hydrogens (tertiary/aromatic N) is 4. The van der Waals surface area contributed by atoms with Crippen molar-refractivity contribution in [2.75, 3.05) is 13.1 Å². The number of alkyl halides is 3. The molecule has 3 rings (SSSR count). The average molecular weight is 411 g/mol. The number of rotatable bonds is 4. The van der Waals surface area contributed by atoms with Crippen molar-refractivity contribution in [2.24, 2.45) is 5.92 Å². The maximum absolute atomic E-state index is 12.8. The van der Waals surface area contributed by atoms with Crippen LogP contribution in [0.1, 0.15) is 44.3 Å². The number of piperidine rings is 1. The first-order valence-corrected chi connectivity index (χ1v) is 9.08. The van der Waals surface area contributed by atoms with Crippen LogP contribution < -0.4 is 5.32 Å². The zero-order valence-corrected chi connectivity index (χ0v) is 15.9. The highest BCUT2D eigenvalue weighted by Gasteiger charge is 2.33. The molecule has 29 heavy (non-hydrogen) atoms. The molecular formula is C18H20F3N5O3. The number of aromatic nitrogens is 3. The molecule has 1 aliphatic heterocycles. The van der Waals surface area contributed by atoms with Crippen molar-refractivity contribution < 1.29 is 27.3 Å². The van der Waals surface area contributed by atoms with E-state index >= 15 is 0 Å². The minimum absolute atomic E-state index is 0.0135.